The number of rotatable bonds is 4. The SMILES string of the molecule is CC(C)C(C)(OCCO)C(C)(C)C. The summed E-state index contributed by atoms with van der Waals surface area (Å²) in [4.78, 5) is 0. The van der Waals surface area contributed by atoms with Crippen molar-refractivity contribution in [1.82, 2.24) is 0 Å². The van der Waals surface area contributed by atoms with Crippen molar-refractivity contribution in [2.45, 2.75) is 47.1 Å². The van der Waals surface area contributed by atoms with Crippen molar-refractivity contribution in [3.63, 3.8) is 0 Å². The minimum absolute atomic E-state index is 0.0936. The normalized spacial score (nSPS) is 17.5. The summed E-state index contributed by atoms with van der Waals surface area (Å²) in [6.07, 6.45) is 0. The predicted molar refractivity (Wildman–Crippen MR) is 55.7 cm³/mol. The van der Waals surface area contributed by atoms with Crippen molar-refractivity contribution >= 4 is 0 Å². The van der Waals surface area contributed by atoms with E-state index in [2.05, 4.69) is 41.5 Å². The Hall–Kier alpha value is -0.0800. The number of hydrogen-bond donors (Lipinski definition) is 1. The molecule has 0 saturated carbocycles. The van der Waals surface area contributed by atoms with Crippen LogP contribution in [0.5, 0.6) is 0 Å². The Morgan fingerprint density at radius 2 is 1.62 bits per heavy atom. The Morgan fingerprint density at radius 3 is 1.85 bits per heavy atom. The Kier molecular flexibility index (Phi) is 4.40. The van der Waals surface area contributed by atoms with Gasteiger partial charge in [0.25, 0.3) is 0 Å². The largest absolute Gasteiger partial charge is 0.394 e. The molecule has 0 amide bonds. The molecule has 13 heavy (non-hydrogen) atoms. The van der Waals surface area contributed by atoms with Crippen molar-refractivity contribution in [1.29, 1.82) is 0 Å². The third kappa shape index (κ3) is 2.96. The monoisotopic (exact) mass is 188 g/mol. The number of ether oxygens (including phenoxy) is 1. The van der Waals surface area contributed by atoms with Crippen LogP contribution in [0.15, 0.2) is 0 Å². The van der Waals surface area contributed by atoms with Gasteiger partial charge in [0, 0.05) is 0 Å². The Balaban J connectivity index is 4.54. The highest BCUT2D eigenvalue weighted by Gasteiger charge is 2.41. The van der Waals surface area contributed by atoms with Crippen LogP contribution < -0.4 is 0 Å². The molecule has 0 aromatic rings. The van der Waals surface area contributed by atoms with Gasteiger partial charge in [0.05, 0.1) is 18.8 Å². The average Bonchev–Trinajstić information content (AvgIpc) is 1.97. The van der Waals surface area contributed by atoms with Crippen LogP contribution in [0.1, 0.15) is 41.5 Å². The van der Waals surface area contributed by atoms with Crippen LogP contribution >= 0.6 is 0 Å². The quantitative estimate of drug-likeness (QED) is 0.734. The molecule has 0 radical (unpaired) electrons. The molecule has 0 aliphatic rings. The lowest BCUT2D eigenvalue weighted by atomic mass is 9.71. The molecule has 0 fully saturated rings. The highest BCUT2D eigenvalue weighted by Crippen LogP contribution is 2.39. The van der Waals surface area contributed by atoms with E-state index < -0.39 is 0 Å². The molecule has 1 atom stereocenters. The molecule has 80 valence electrons. The highest BCUT2D eigenvalue weighted by atomic mass is 16.5. The van der Waals surface area contributed by atoms with E-state index in [1.807, 2.05) is 0 Å². The molecule has 0 bridgehead atoms. The van der Waals surface area contributed by atoms with E-state index in [9.17, 15) is 0 Å². The van der Waals surface area contributed by atoms with E-state index in [0.717, 1.165) is 0 Å². The van der Waals surface area contributed by atoms with Crippen LogP contribution in [0.3, 0.4) is 0 Å². The Bertz CT molecular complexity index is 147. The summed E-state index contributed by atoms with van der Waals surface area (Å²) >= 11 is 0. The molecule has 0 aromatic carbocycles. The molecule has 0 aliphatic carbocycles. The summed E-state index contributed by atoms with van der Waals surface area (Å²) in [5.74, 6) is 0.444. The molecule has 0 spiro atoms. The number of aliphatic hydroxyl groups excluding tert-OH is 1. The maximum Gasteiger partial charge on any atom is 0.0726 e. The lowest BCUT2D eigenvalue weighted by Crippen LogP contribution is -2.47. The van der Waals surface area contributed by atoms with Gasteiger partial charge in [-0.25, -0.2) is 0 Å². The second kappa shape index (κ2) is 4.43. The van der Waals surface area contributed by atoms with Crippen molar-refractivity contribution in [3.8, 4) is 0 Å². The Labute approximate surface area is 82.3 Å². The summed E-state index contributed by atoms with van der Waals surface area (Å²) in [6, 6.07) is 0. The Morgan fingerprint density at radius 1 is 1.15 bits per heavy atom. The van der Waals surface area contributed by atoms with E-state index in [0.29, 0.717) is 12.5 Å². The molecule has 0 saturated heterocycles. The second-order valence-corrected chi connectivity index (χ2v) is 5.08. The van der Waals surface area contributed by atoms with E-state index in [-0.39, 0.29) is 17.6 Å². The summed E-state index contributed by atoms with van der Waals surface area (Å²) in [7, 11) is 0. The molecule has 2 heteroatoms. The summed E-state index contributed by atoms with van der Waals surface area (Å²) in [5, 5.41) is 8.75. The summed E-state index contributed by atoms with van der Waals surface area (Å²) in [6.45, 7) is 13.5. The van der Waals surface area contributed by atoms with Crippen LogP contribution in [-0.4, -0.2) is 23.9 Å². The van der Waals surface area contributed by atoms with Gasteiger partial charge in [-0.2, -0.15) is 0 Å². The molecule has 0 rings (SSSR count). The molecular weight excluding hydrogens is 164 g/mol. The van der Waals surface area contributed by atoms with E-state index >= 15 is 0 Å². The van der Waals surface area contributed by atoms with Gasteiger partial charge >= 0.3 is 0 Å². The zero-order chi connectivity index (χ0) is 10.7. The van der Waals surface area contributed by atoms with Crippen molar-refractivity contribution < 1.29 is 9.84 Å². The number of aliphatic hydroxyl groups is 1. The molecule has 0 aliphatic heterocycles. The van der Waals surface area contributed by atoms with Gasteiger partial charge in [0.1, 0.15) is 0 Å². The smallest absolute Gasteiger partial charge is 0.0726 e. The molecule has 0 aromatic heterocycles. The lowest BCUT2D eigenvalue weighted by Gasteiger charge is -2.45. The fourth-order valence-electron chi connectivity index (χ4n) is 1.51. The molecule has 0 heterocycles. The van der Waals surface area contributed by atoms with Gasteiger partial charge in [0.15, 0.2) is 0 Å². The van der Waals surface area contributed by atoms with E-state index in [1.165, 1.54) is 0 Å². The minimum Gasteiger partial charge on any atom is -0.394 e. The average molecular weight is 188 g/mol. The first kappa shape index (κ1) is 12.9. The van der Waals surface area contributed by atoms with Gasteiger partial charge in [0.2, 0.25) is 0 Å². The third-order valence-electron chi connectivity index (χ3n) is 3.08. The first-order chi connectivity index (χ1) is 5.75. The van der Waals surface area contributed by atoms with Crippen molar-refractivity contribution in [2.24, 2.45) is 11.3 Å². The van der Waals surface area contributed by atoms with Crippen LogP contribution in [0, 0.1) is 11.3 Å². The van der Waals surface area contributed by atoms with Gasteiger partial charge in [-0.05, 0) is 18.3 Å². The van der Waals surface area contributed by atoms with Crippen LogP contribution in [0.2, 0.25) is 0 Å². The van der Waals surface area contributed by atoms with Crippen LogP contribution in [0.25, 0.3) is 0 Å². The van der Waals surface area contributed by atoms with Gasteiger partial charge < -0.3 is 9.84 Å². The molecular formula is C11H24O2. The highest BCUT2D eigenvalue weighted by molar-refractivity contribution is 4.90. The number of hydrogen-bond acceptors (Lipinski definition) is 2. The van der Waals surface area contributed by atoms with Crippen LogP contribution in [-0.2, 0) is 4.74 Å². The third-order valence-corrected chi connectivity index (χ3v) is 3.08. The fourth-order valence-corrected chi connectivity index (χ4v) is 1.51. The summed E-state index contributed by atoms with van der Waals surface area (Å²) in [5.41, 5.74) is -0.0773. The lowest BCUT2D eigenvalue weighted by molar-refractivity contribution is -0.140. The van der Waals surface area contributed by atoms with Crippen molar-refractivity contribution in [3.05, 3.63) is 0 Å². The first-order valence-electron chi connectivity index (χ1n) is 5.00. The zero-order valence-electron chi connectivity index (χ0n) is 9.85. The maximum atomic E-state index is 8.75. The van der Waals surface area contributed by atoms with Gasteiger partial charge in [-0.15, -0.1) is 0 Å². The minimum atomic E-state index is -0.171. The second-order valence-electron chi connectivity index (χ2n) is 5.08. The van der Waals surface area contributed by atoms with E-state index in [1.54, 1.807) is 0 Å². The maximum absolute atomic E-state index is 8.75. The standard InChI is InChI=1S/C11H24O2/c1-9(2)11(6,10(3,4)5)13-8-7-12/h9,12H,7-8H2,1-6H3. The van der Waals surface area contributed by atoms with E-state index in [4.69, 9.17) is 9.84 Å². The van der Waals surface area contributed by atoms with Crippen molar-refractivity contribution in [2.75, 3.05) is 13.2 Å². The van der Waals surface area contributed by atoms with Gasteiger partial charge in [-0.1, -0.05) is 34.6 Å². The predicted octanol–water partition coefficient (Wildman–Crippen LogP) is 2.46. The fraction of sp³-hybridized carbons (Fsp3) is 1.00. The first-order valence-corrected chi connectivity index (χ1v) is 5.00. The molecule has 1 N–H and O–H groups in total. The summed E-state index contributed by atoms with van der Waals surface area (Å²) < 4.78 is 5.75. The van der Waals surface area contributed by atoms with Crippen LogP contribution in [0.4, 0.5) is 0 Å². The molecule has 2 nitrogen and oxygen atoms in total. The van der Waals surface area contributed by atoms with Gasteiger partial charge in [-0.3, -0.25) is 0 Å². The topological polar surface area (TPSA) is 29.5 Å². The zero-order valence-corrected chi connectivity index (χ0v) is 9.85. The molecule has 1 unspecified atom stereocenters.